The number of esters is 1. The van der Waals surface area contributed by atoms with E-state index in [0.29, 0.717) is 13.0 Å². The van der Waals surface area contributed by atoms with E-state index >= 15 is 0 Å². The standard InChI is InChI=1S/C19H18O3/c1-2-22-19(21)15-9-8-13-14-5-3-4-11-6-7-12(17(11)14)10-16(13)18(15)20/h3-5,10,15H,2,6-9H2,1H3. The minimum absolute atomic E-state index is 0.0600. The van der Waals surface area contributed by atoms with Crippen molar-refractivity contribution in [1.82, 2.24) is 0 Å². The highest BCUT2D eigenvalue weighted by atomic mass is 16.5. The Morgan fingerprint density at radius 1 is 1.23 bits per heavy atom. The lowest BCUT2D eigenvalue weighted by Crippen LogP contribution is -2.31. The van der Waals surface area contributed by atoms with Gasteiger partial charge in [0.05, 0.1) is 6.61 Å². The van der Waals surface area contributed by atoms with Crippen LogP contribution in [-0.2, 0) is 28.8 Å². The molecule has 0 saturated carbocycles. The predicted octanol–water partition coefficient (Wildman–Crippen LogP) is 3.25. The molecule has 0 aliphatic heterocycles. The van der Waals surface area contributed by atoms with Gasteiger partial charge in [-0.25, -0.2) is 0 Å². The van der Waals surface area contributed by atoms with Crippen molar-refractivity contribution in [2.75, 3.05) is 6.61 Å². The zero-order chi connectivity index (χ0) is 15.3. The lowest BCUT2D eigenvalue weighted by atomic mass is 9.79. The number of aryl methyl sites for hydroxylation is 3. The van der Waals surface area contributed by atoms with Gasteiger partial charge in [0.1, 0.15) is 5.92 Å². The maximum absolute atomic E-state index is 12.8. The van der Waals surface area contributed by atoms with E-state index in [-0.39, 0.29) is 11.8 Å². The first-order chi connectivity index (χ1) is 10.7. The third-order valence-electron chi connectivity index (χ3n) is 4.94. The van der Waals surface area contributed by atoms with Crippen molar-refractivity contribution in [3.8, 4) is 0 Å². The molecule has 0 spiro atoms. The fourth-order valence-corrected chi connectivity index (χ4v) is 3.95. The van der Waals surface area contributed by atoms with Gasteiger partial charge in [-0.2, -0.15) is 0 Å². The van der Waals surface area contributed by atoms with Crippen LogP contribution in [0, 0.1) is 5.92 Å². The molecule has 3 heteroatoms. The number of Topliss-reactive ketones (excluding diaryl/α,β-unsaturated/α-hetero) is 1. The van der Waals surface area contributed by atoms with Crippen LogP contribution >= 0.6 is 0 Å². The van der Waals surface area contributed by atoms with E-state index in [1.165, 1.54) is 21.9 Å². The fourth-order valence-electron chi connectivity index (χ4n) is 3.95. The zero-order valence-corrected chi connectivity index (χ0v) is 12.6. The number of rotatable bonds is 2. The smallest absolute Gasteiger partial charge is 0.316 e. The maximum Gasteiger partial charge on any atom is 0.316 e. The summed E-state index contributed by atoms with van der Waals surface area (Å²) in [7, 11) is 0. The van der Waals surface area contributed by atoms with Gasteiger partial charge in [-0.15, -0.1) is 0 Å². The number of ketones is 1. The maximum atomic E-state index is 12.8. The van der Waals surface area contributed by atoms with Crippen LogP contribution in [-0.4, -0.2) is 18.4 Å². The topological polar surface area (TPSA) is 43.4 Å². The molecule has 0 saturated heterocycles. The molecule has 112 valence electrons. The third-order valence-corrected chi connectivity index (χ3v) is 4.94. The van der Waals surface area contributed by atoms with Crippen LogP contribution in [0.15, 0.2) is 24.3 Å². The van der Waals surface area contributed by atoms with Gasteiger partial charge >= 0.3 is 5.97 Å². The average molecular weight is 294 g/mol. The quantitative estimate of drug-likeness (QED) is 0.631. The van der Waals surface area contributed by atoms with Crippen LogP contribution in [0.25, 0.3) is 10.8 Å². The molecule has 4 rings (SSSR count). The van der Waals surface area contributed by atoms with E-state index in [4.69, 9.17) is 4.74 Å². The number of ether oxygens (including phenoxy) is 1. The molecule has 2 aliphatic carbocycles. The van der Waals surface area contributed by atoms with Gasteiger partial charge in [-0.05, 0) is 66.1 Å². The number of benzene rings is 2. The van der Waals surface area contributed by atoms with E-state index in [2.05, 4.69) is 18.2 Å². The highest BCUT2D eigenvalue weighted by molar-refractivity contribution is 6.13. The van der Waals surface area contributed by atoms with Gasteiger partial charge in [0.15, 0.2) is 5.78 Å². The summed E-state index contributed by atoms with van der Waals surface area (Å²) >= 11 is 0. The van der Waals surface area contributed by atoms with Crippen molar-refractivity contribution >= 4 is 22.5 Å². The summed E-state index contributed by atoms with van der Waals surface area (Å²) in [4.78, 5) is 24.8. The molecule has 2 aromatic rings. The van der Waals surface area contributed by atoms with Crippen LogP contribution in [0.1, 0.15) is 40.4 Å². The molecule has 1 atom stereocenters. The predicted molar refractivity (Wildman–Crippen MR) is 84.1 cm³/mol. The summed E-state index contributed by atoms with van der Waals surface area (Å²) in [6.45, 7) is 2.09. The SMILES string of the molecule is CCOC(=O)C1CCc2c(cc3c4c(cccc24)CC3)C1=O. The lowest BCUT2D eigenvalue weighted by Gasteiger charge is -2.24. The minimum Gasteiger partial charge on any atom is -0.465 e. The van der Waals surface area contributed by atoms with Gasteiger partial charge in [0.2, 0.25) is 0 Å². The molecule has 0 radical (unpaired) electrons. The molecule has 0 heterocycles. The zero-order valence-electron chi connectivity index (χ0n) is 12.6. The largest absolute Gasteiger partial charge is 0.465 e. The van der Waals surface area contributed by atoms with Crippen molar-refractivity contribution in [3.63, 3.8) is 0 Å². The fraction of sp³-hybridized carbons (Fsp3) is 0.368. The highest BCUT2D eigenvalue weighted by Crippen LogP contribution is 2.38. The number of hydrogen-bond acceptors (Lipinski definition) is 3. The molecule has 2 aromatic carbocycles. The van der Waals surface area contributed by atoms with Crippen molar-refractivity contribution in [2.45, 2.75) is 32.6 Å². The van der Waals surface area contributed by atoms with Crippen LogP contribution in [0.5, 0.6) is 0 Å². The van der Waals surface area contributed by atoms with E-state index in [0.717, 1.165) is 30.4 Å². The lowest BCUT2D eigenvalue weighted by molar-refractivity contribution is -0.146. The Hall–Kier alpha value is -2.16. The van der Waals surface area contributed by atoms with Crippen molar-refractivity contribution in [1.29, 1.82) is 0 Å². The van der Waals surface area contributed by atoms with Gasteiger partial charge in [0, 0.05) is 5.56 Å². The third kappa shape index (κ3) is 1.81. The normalized spacial score (nSPS) is 19.3. The van der Waals surface area contributed by atoms with Crippen molar-refractivity contribution in [2.24, 2.45) is 5.92 Å². The summed E-state index contributed by atoms with van der Waals surface area (Å²) in [5, 5.41) is 2.54. The second-order valence-electron chi connectivity index (χ2n) is 6.11. The Kier molecular flexibility index (Phi) is 3.03. The molecule has 2 aliphatic rings. The molecule has 3 nitrogen and oxygen atoms in total. The first-order valence-corrected chi connectivity index (χ1v) is 7.98. The minimum atomic E-state index is -0.623. The number of fused-ring (bicyclic) bond motifs is 2. The Labute approximate surface area is 129 Å². The summed E-state index contributed by atoms with van der Waals surface area (Å²) in [5.74, 6) is -1.06. The Balaban J connectivity index is 1.86. The Morgan fingerprint density at radius 3 is 2.86 bits per heavy atom. The van der Waals surface area contributed by atoms with E-state index in [1.54, 1.807) is 6.92 Å². The molecule has 0 N–H and O–H groups in total. The van der Waals surface area contributed by atoms with E-state index in [1.807, 2.05) is 6.07 Å². The van der Waals surface area contributed by atoms with Crippen LogP contribution in [0.3, 0.4) is 0 Å². The Morgan fingerprint density at radius 2 is 2.05 bits per heavy atom. The first-order valence-electron chi connectivity index (χ1n) is 7.98. The number of hydrogen-bond donors (Lipinski definition) is 0. The molecule has 0 bridgehead atoms. The summed E-state index contributed by atoms with van der Waals surface area (Å²) in [5.41, 5.74) is 4.50. The first kappa shape index (κ1) is 13.5. The van der Waals surface area contributed by atoms with Gasteiger partial charge in [-0.3, -0.25) is 9.59 Å². The van der Waals surface area contributed by atoms with E-state index in [9.17, 15) is 9.59 Å². The molecule has 0 amide bonds. The molecular formula is C19H18O3. The second kappa shape index (κ2) is 4.94. The average Bonchev–Trinajstić information content (AvgIpc) is 2.93. The summed E-state index contributed by atoms with van der Waals surface area (Å²) in [6, 6.07) is 8.40. The molecule has 0 fully saturated rings. The summed E-state index contributed by atoms with van der Waals surface area (Å²) < 4.78 is 5.06. The monoisotopic (exact) mass is 294 g/mol. The second-order valence-corrected chi connectivity index (χ2v) is 6.11. The molecule has 0 aromatic heterocycles. The van der Waals surface area contributed by atoms with Gasteiger partial charge in [0.25, 0.3) is 0 Å². The number of carbonyl (C=O) groups is 2. The molecule has 22 heavy (non-hydrogen) atoms. The summed E-state index contributed by atoms with van der Waals surface area (Å²) in [6.07, 6.45) is 3.36. The van der Waals surface area contributed by atoms with Gasteiger partial charge in [-0.1, -0.05) is 18.2 Å². The van der Waals surface area contributed by atoms with Crippen LogP contribution in [0.4, 0.5) is 0 Å². The van der Waals surface area contributed by atoms with Gasteiger partial charge < -0.3 is 4.74 Å². The van der Waals surface area contributed by atoms with E-state index < -0.39 is 5.92 Å². The molecule has 1 unspecified atom stereocenters. The molecular weight excluding hydrogens is 276 g/mol. The number of carbonyl (C=O) groups excluding carboxylic acids is 2. The van der Waals surface area contributed by atoms with Crippen molar-refractivity contribution in [3.05, 3.63) is 46.5 Å². The highest BCUT2D eigenvalue weighted by Gasteiger charge is 2.35. The Bertz CT molecular complexity index is 804. The van der Waals surface area contributed by atoms with Crippen LogP contribution < -0.4 is 0 Å². The van der Waals surface area contributed by atoms with Crippen molar-refractivity contribution < 1.29 is 14.3 Å². The van der Waals surface area contributed by atoms with Crippen LogP contribution in [0.2, 0.25) is 0 Å².